The van der Waals surface area contributed by atoms with Crippen LogP contribution in [0.4, 0.5) is 0 Å². The first kappa shape index (κ1) is 20.8. The van der Waals surface area contributed by atoms with Gasteiger partial charge >= 0.3 is 0 Å². The Kier molecular flexibility index (Phi) is 13.3. The van der Waals surface area contributed by atoms with Crippen LogP contribution in [-0.4, -0.2) is 6.61 Å². The predicted molar refractivity (Wildman–Crippen MR) is 107 cm³/mol. The first-order valence-electron chi connectivity index (χ1n) is 10.2. The van der Waals surface area contributed by atoms with E-state index in [-0.39, 0.29) is 0 Å². The van der Waals surface area contributed by atoms with Gasteiger partial charge in [0.25, 0.3) is 0 Å². The molecule has 0 aromatic heterocycles. The van der Waals surface area contributed by atoms with E-state index in [9.17, 15) is 0 Å². The van der Waals surface area contributed by atoms with Crippen LogP contribution in [0.3, 0.4) is 0 Å². The summed E-state index contributed by atoms with van der Waals surface area (Å²) in [5.74, 6) is 0.940. The van der Waals surface area contributed by atoms with Crippen LogP contribution < -0.4 is 4.74 Å². The molecule has 0 aliphatic carbocycles. The highest BCUT2D eigenvalue weighted by atomic mass is 16.5. The van der Waals surface area contributed by atoms with Gasteiger partial charge in [0.2, 0.25) is 0 Å². The van der Waals surface area contributed by atoms with E-state index in [1.807, 2.05) is 25.1 Å². The molecule has 0 N–H and O–H groups in total. The molecule has 0 amide bonds. The van der Waals surface area contributed by atoms with E-state index in [2.05, 4.69) is 25.1 Å². The molecule has 135 valence electrons. The zero-order valence-corrected chi connectivity index (χ0v) is 16.0. The van der Waals surface area contributed by atoms with Crippen molar-refractivity contribution in [2.75, 3.05) is 6.61 Å². The van der Waals surface area contributed by atoms with Gasteiger partial charge in [0.15, 0.2) is 0 Å². The van der Waals surface area contributed by atoms with Crippen LogP contribution in [0.5, 0.6) is 5.75 Å². The molecule has 1 radical (unpaired) electrons. The van der Waals surface area contributed by atoms with Crippen LogP contribution >= 0.6 is 0 Å². The van der Waals surface area contributed by atoms with E-state index in [4.69, 9.17) is 4.74 Å². The number of allylic oxidation sites excluding steroid dienone is 1. The van der Waals surface area contributed by atoms with Gasteiger partial charge in [-0.1, -0.05) is 95.4 Å². The van der Waals surface area contributed by atoms with E-state index >= 15 is 0 Å². The molecule has 1 aromatic carbocycles. The van der Waals surface area contributed by atoms with Crippen LogP contribution in [0, 0.1) is 6.07 Å². The molecule has 0 bridgehead atoms. The molecule has 1 aromatic rings. The molecule has 1 nitrogen and oxygen atoms in total. The second kappa shape index (κ2) is 15.3. The molecular formula is C23H37O. The molecule has 0 saturated heterocycles. The van der Waals surface area contributed by atoms with Gasteiger partial charge < -0.3 is 4.74 Å². The number of unbranched alkanes of at least 4 members (excludes halogenated alkanes) is 11. The molecule has 0 atom stereocenters. The monoisotopic (exact) mass is 329 g/mol. The highest BCUT2D eigenvalue weighted by Crippen LogP contribution is 2.19. The number of rotatable bonds is 15. The average molecular weight is 330 g/mol. The third kappa shape index (κ3) is 10.5. The fraction of sp³-hybridized carbons (Fsp3) is 0.652. The van der Waals surface area contributed by atoms with Crippen LogP contribution in [0.2, 0.25) is 0 Å². The average Bonchev–Trinajstić information content (AvgIpc) is 2.60. The fourth-order valence-corrected chi connectivity index (χ4v) is 2.97. The summed E-state index contributed by atoms with van der Waals surface area (Å²) in [6, 6.07) is 9.20. The molecule has 0 spiro atoms. The normalized spacial score (nSPS) is 11.2. The van der Waals surface area contributed by atoms with Crippen LogP contribution in [0.1, 0.15) is 96.5 Å². The zero-order chi connectivity index (χ0) is 17.3. The maximum atomic E-state index is 5.62. The Morgan fingerprint density at radius 3 is 2.12 bits per heavy atom. The second-order valence-corrected chi connectivity index (χ2v) is 6.61. The van der Waals surface area contributed by atoms with Crippen LogP contribution in [0.25, 0.3) is 6.08 Å². The fourth-order valence-electron chi connectivity index (χ4n) is 2.97. The minimum Gasteiger partial charge on any atom is -0.493 e. The van der Waals surface area contributed by atoms with Crippen LogP contribution in [0.15, 0.2) is 24.3 Å². The number of hydrogen-bond donors (Lipinski definition) is 0. The molecule has 24 heavy (non-hydrogen) atoms. The van der Waals surface area contributed by atoms with Crippen LogP contribution in [-0.2, 0) is 0 Å². The maximum absolute atomic E-state index is 5.62. The molecule has 0 aliphatic rings. The molecule has 0 fully saturated rings. The smallest absolute Gasteiger partial charge is 0.127 e. The van der Waals surface area contributed by atoms with Crippen molar-refractivity contribution >= 4 is 6.08 Å². The zero-order valence-electron chi connectivity index (χ0n) is 16.0. The van der Waals surface area contributed by atoms with E-state index in [0.29, 0.717) is 6.61 Å². The Labute approximate surface area is 150 Å². The quantitative estimate of drug-likeness (QED) is 0.301. The third-order valence-corrected chi connectivity index (χ3v) is 4.41. The van der Waals surface area contributed by atoms with Gasteiger partial charge in [0.1, 0.15) is 5.75 Å². The molecular weight excluding hydrogens is 292 g/mol. The Hall–Kier alpha value is -1.24. The van der Waals surface area contributed by atoms with E-state index < -0.39 is 0 Å². The minimum atomic E-state index is 0.706. The number of ether oxygens (including phenoxy) is 1. The van der Waals surface area contributed by atoms with Crippen molar-refractivity contribution in [3.05, 3.63) is 35.9 Å². The topological polar surface area (TPSA) is 9.23 Å². The van der Waals surface area contributed by atoms with Gasteiger partial charge in [-0.2, -0.15) is 0 Å². The minimum absolute atomic E-state index is 0.706. The van der Waals surface area contributed by atoms with Crippen molar-refractivity contribution in [1.29, 1.82) is 0 Å². The molecule has 0 heterocycles. The van der Waals surface area contributed by atoms with E-state index in [1.54, 1.807) is 0 Å². The SMILES string of the molecule is CCCCCCCCCCCCCC=Cc1[c]cccc1OCC. The summed E-state index contributed by atoms with van der Waals surface area (Å²) in [5.41, 5.74) is 1.07. The van der Waals surface area contributed by atoms with Gasteiger partial charge in [-0.15, -0.1) is 0 Å². The summed E-state index contributed by atoms with van der Waals surface area (Å²) >= 11 is 0. The first-order valence-corrected chi connectivity index (χ1v) is 10.2. The lowest BCUT2D eigenvalue weighted by Crippen LogP contribution is -1.93. The van der Waals surface area contributed by atoms with Crippen molar-refractivity contribution in [2.45, 2.75) is 90.9 Å². The van der Waals surface area contributed by atoms with Crippen molar-refractivity contribution in [1.82, 2.24) is 0 Å². The largest absolute Gasteiger partial charge is 0.493 e. The van der Waals surface area contributed by atoms with Gasteiger partial charge in [-0.05, 0) is 31.9 Å². The molecule has 0 aliphatic heterocycles. The standard InChI is InChI=1S/C23H37O/c1-3-5-6-7-8-9-10-11-12-13-14-15-16-19-22-20-17-18-21-23(22)24-4-2/h16-19,21H,3-15H2,1-2H3. The summed E-state index contributed by atoms with van der Waals surface area (Å²) in [6.45, 7) is 5.01. The molecule has 1 heteroatoms. The van der Waals surface area contributed by atoms with Gasteiger partial charge in [0.05, 0.1) is 6.61 Å². The lowest BCUT2D eigenvalue weighted by Gasteiger charge is -2.05. The number of hydrogen-bond acceptors (Lipinski definition) is 1. The van der Waals surface area contributed by atoms with Crippen molar-refractivity contribution in [2.24, 2.45) is 0 Å². The highest BCUT2D eigenvalue weighted by Gasteiger charge is 1.98. The lowest BCUT2D eigenvalue weighted by molar-refractivity contribution is 0.339. The Morgan fingerprint density at radius 2 is 1.50 bits per heavy atom. The maximum Gasteiger partial charge on any atom is 0.127 e. The van der Waals surface area contributed by atoms with Gasteiger partial charge in [0, 0.05) is 5.56 Å². The van der Waals surface area contributed by atoms with E-state index in [1.165, 1.54) is 70.6 Å². The molecule has 0 unspecified atom stereocenters. The van der Waals surface area contributed by atoms with Gasteiger partial charge in [-0.3, -0.25) is 0 Å². The van der Waals surface area contributed by atoms with E-state index in [0.717, 1.165) is 17.7 Å². The predicted octanol–water partition coefficient (Wildman–Crippen LogP) is 7.60. The lowest BCUT2D eigenvalue weighted by atomic mass is 10.0. The summed E-state index contributed by atoms with van der Waals surface area (Å²) in [7, 11) is 0. The highest BCUT2D eigenvalue weighted by molar-refractivity contribution is 5.56. The molecule has 0 saturated carbocycles. The summed E-state index contributed by atoms with van der Waals surface area (Å²) in [4.78, 5) is 0. The van der Waals surface area contributed by atoms with Crippen molar-refractivity contribution < 1.29 is 4.74 Å². The Bertz CT molecular complexity index is 422. The third-order valence-electron chi connectivity index (χ3n) is 4.41. The summed E-state index contributed by atoms with van der Waals surface area (Å²) < 4.78 is 5.62. The first-order chi connectivity index (χ1) is 11.9. The van der Waals surface area contributed by atoms with Crippen molar-refractivity contribution in [3.63, 3.8) is 0 Å². The van der Waals surface area contributed by atoms with Crippen molar-refractivity contribution in [3.8, 4) is 5.75 Å². The summed E-state index contributed by atoms with van der Waals surface area (Å²) in [5, 5.41) is 0. The number of benzene rings is 1. The Balaban J connectivity index is 1.98. The Morgan fingerprint density at radius 1 is 0.875 bits per heavy atom. The molecule has 1 rings (SSSR count). The summed E-state index contributed by atoms with van der Waals surface area (Å²) in [6.07, 6.45) is 21.0. The second-order valence-electron chi connectivity index (χ2n) is 6.61. The van der Waals surface area contributed by atoms with Gasteiger partial charge in [-0.25, -0.2) is 0 Å².